The molecule has 1 N–H and O–H groups in total. The summed E-state index contributed by atoms with van der Waals surface area (Å²) >= 11 is 1.85. The Morgan fingerprint density at radius 3 is 2.13 bits per heavy atom. The average molecular weight is 710 g/mol. The number of aliphatic imine (C=N–C) groups is 2. The molecule has 3 heterocycles. The molecule has 0 radical (unpaired) electrons. The summed E-state index contributed by atoms with van der Waals surface area (Å²) in [6, 6.07) is 62.1. The van der Waals surface area contributed by atoms with Crippen LogP contribution in [0.1, 0.15) is 22.9 Å². The van der Waals surface area contributed by atoms with Crippen molar-refractivity contribution >= 4 is 75.9 Å². The van der Waals surface area contributed by atoms with Crippen molar-refractivity contribution in [1.82, 2.24) is 5.32 Å². The summed E-state index contributed by atoms with van der Waals surface area (Å²) in [6.07, 6.45) is -0.348. The minimum Gasteiger partial charge on any atom is -0.456 e. The van der Waals surface area contributed by atoms with Gasteiger partial charge in [0.15, 0.2) is 5.84 Å². The smallest absolute Gasteiger partial charge is 0.159 e. The fourth-order valence-electron chi connectivity index (χ4n) is 7.88. The molecule has 0 aliphatic carbocycles. The van der Waals surface area contributed by atoms with Crippen molar-refractivity contribution in [3.63, 3.8) is 0 Å². The highest BCUT2D eigenvalue weighted by molar-refractivity contribution is 7.26. The van der Waals surface area contributed by atoms with E-state index in [2.05, 4.69) is 151 Å². The number of hydrogen-bond acceptors (Lipinski definition) is 5. The number of fused-ring (bicyclic) bond motifs is 7. The van der Waals surface area contributed by atoms with Crippen LogP contribution in [0.4, 0.5) is 0 Å². The third kappa shape index (κ3) is 5.12. The summed E-state index contributed by atoms with van der Waals surface area (Å²) < 4.78 is 9.22. The quantitative estimate of drug-likeness (QED) is 0.193. The molecule has 1 unspecified atom stereocenters. The van der Waals surface area contributed by atoms with Crippen molar-refractivity contribution < 1.29 is 4.42 Å². The maximum atomic E-state index is 6.63. The molecule has 1 aliphatic heterocycles. The Balaban J connectivity index is 1.02. The van der Waals surface area contributed by atoms with Gasteiger partial charge >= 0.3 is 0 Å². The lowest BCUT2D eigenvalue weighted by Crippen LogP contribution is -2.33. The number of amidine groups is 2. The molecule has 254 valence electrons. The van der Waals surface area contributed by atoms with E-state index in [1.54, 1.807) is 0 Å². The van der Waals surface area contributed by atoms with E-state index in [9.17, 15) is 0 Å². The fraction of sp³-hybridized carbons (Fsp3) is 0.0204. The predicted octanol–water partition coefficient (Wildman–Crippen LogP) is 12.9. The first-order valence-corrected chi connectivity index (χ1v) is 19.0. The van der Waals surface area contributed by atoms with Crippen LogP contribution >= 0.6 is 11.3 Å². The van der Waals surface area contributed by atoms with Gasteiger partial charge in [-0.3, -0.25) is 0 Å². The van der Waals surface area contributed by atoms with Crippen LogP contribution in [0.25, 0.3) is 75.1 Å². The van der Waals surface area contributed by atoms with Gasteiger partial charge in [-0.05, 0) is 75.0 Å². The van der Waals surface area contributed by atoms with Crippen molar-refractivity contribution in [2.75, 3.05) is 0 Å². The Kier molecular flexibility index (Phi) is 7.07. The van der Waals surface area contributed by atoms with E-state index in [1.165, 1.54) is 47.6 Å². The van der Waals surface area contributed by atoms with Gasteiger partial charge in [-0.15, -0.1) is 11.3 Å². The van der Waals surface area contributed by atoms with E-state index in [0.717, 1.165) is 50.0 Å². The lowest BCUT2D eigenvalue weighted by Gasteiger charge is -2.24. The highest BCUT2D eigenvalue weighted by Gasteiger charge is 2.24. The molecular weight excluding hydrogens is 679 g/mol. The number of benzene rings is 8. The van der Waals surface area contributed by atoms with Crippen LogP contribution in [-0.2, 0) is 0 Å². The van der Waals surface area contributed by atoms with Crippen molar-refractivity contribution in [2.24, 2.45) is 9.98 Å². The molecule has 5 heteroatoms. The maximum Gasteiger partial charge on any atom is 0.159 e. The van der Waals surface area contributed by atoms with Crippen LogP contribution in [0.15, 0.2) is 190 Å². The molecule has 1 aliphatic rings. The van der Waals surface area contributed by atoms with E-state index in [4.69, 9.17) is 14.4 Å². The zero-order valence-corrected chi connectivity index (χ0v) is 29.8. The molecule has 0 spiro atoms. The number of thiophene rings is 1. The number of nitrogens with zero attached hydrogens (tertiary/aromatic N) is 2. The predicted molar refractivity (Wildman–Crippen MR) is 227 cm³/mol. The number of rotatable bonds is 5. The Labute approximate surface area is 315 Å². The van der Waals surface area contributed by atoms with Crippen molar-refractivity contribution in [1.29, 1.82) is 0 Å². The van der Waals surface area contributed by atoms with Gasteiger partial charge in [0.25, 0.3) is 0 Å². The molecule has 0 fully saturated rings. The Bertz CT molecular complexity index is 3140. The zero-order valence-electron chi connectivity index (χ0n) is 29.0. The molecule has 0 amide bonds. The molecule has 11 rings (SSSR count). The van der Waals surface area contributed by atoms with Gasteiger partial charge in [-0.2, -0.15) is 0 Å². The molecule has 2 aromatic heterocycles. The number of furan rings is 1. The van der Waals surface area contributed by atoms with Gasteiger partial charge in [0.1, 0.15) is 23.2 Å². The fourth-order valence-corrected chi connectivity index (χ4v) is 9.12. The Hall–Kier alpha value is -6.82. The van der Waals surface area contributed by atoms with Crippen LogP contribution in [-0.4, -0.2) is 11.7 Å². The molecule has 0 saturated heterocycles. The maximum absolute atomic E-state index is 6.63. The van der Waals surface area contributed by atoms with Gasteiger partial charge in [0.2, 0.25) is 0 Å². The van der Waals surface area contributed by atoms with Crippen molar-refractivity contribution in [3.05, 3.63) is 193 Å². The summed E-state index contributed by atoms with van der Waals surface area (Å²) in [4.78, 5) is 10.4. The Morgan fingerprint density at radius 1 is 0.500 bits per heavy atom. The van der Waals surface area contributed by atoms with Crippen LogP contribution in [0.3, 0.4) is 0 Å². The lowest BCUT2D eigenvalue weighted by atomic mass is 9.98. The second-order valence-electron chi connectivity index (χ2n) is 13.8. The summed E-state index contributed by atoms with van der Waals surface area (Å²) in [5, 5.41) is 10.8. The van der Waals surface area contributed by atoms with Crippen LogP contribution < -0.4 is 5.32 Å². The molecule has 4 nitrogen and oxygen atoms in total. The number of hydrogen-bond donors (Lipinski definition) is 1. The zero-order chi connectivity index (χ0) is 35.6. The molecule has 10 aromatic rings. The average Bonchev–Trinajstić information content (AvgIpc) is 3.82. The normalized spacial score (nSPS) is 14.5. The van der Waals surface area contributed by atoms with E-state index in [1.807, 2.05) is 41.7 Å². The minimum atomic E-state index is -0.348. The standard InChI is InChI=1S/C49H31N3OS/c1-3-11-30(12-4-1)33-23-21-31-22-24-35(28-36(31)27-33)48-50-47(32-13-5-2-6-14-32)51-49(52-48)41-18-10-19-42-45(41)40-26-25-34(29-43(40)53-42)37-16-9-17-39-38-15-7-8-20-44(38)54-46(37)39/h1-29,48H,(H,50,51,52). The van der Waals surface area contributed by atoms with Gasteiger partial charge < -0.3 is 9.73 Å². The monoisotopic (exact) mass is 709 g/mol. The lowest BCUT2D eigenvalue weighted by molar-refractivity contribution is 0.668. The Morgan fingerprint density at radius 2 is 1.24 bits per heavy atom. The minimum absolute atomic E-state index is 0.348. The highest BCUT2D eigenvalue weighted by atomic mass is 32.1. The van der Waals surface area contributed by atoms with E-state index >= 15 is 0 Å². The summed E-state index contributed by atoms with van der Waals surface area (Å²) in [5.74, 6) is 1.45. The van der Waals surface area contributed by atoms with Crippen LogP contribution in [0, 0.1) is 0 Å². The molecule has 1 atom stereocenters. The topological polar surface area (TPSA) is 49.9 Å². The van der Waals surface area contributed by atoms with Crippen LogP contribution in [0.2, 0.25) is 0 Å². The highest BCUT2D eigenvalue weighted by Crippen LogP contribution is 2.42. The van der Waals surface area contributed by atoms with Gasteiger partial charge in [-0.25, -0.2) is 9.98 Å². The first kappa shape index (κ1) is 30.8. The molecule has 0 bridgehead atoms. The van der Waals surface area contributed by atoms with Gasteiger partial charge in [0.05, 0.1) is 0 Å². The second-order valence-corrected chi connectivity index (χ2v) is 14.8. The van der Waals surface area contributed by atoms with Crippen LogP contribution in [0.5, 0.6) is 0 Å². The molecule has 54 heavy (non-hydrogen) atoms. The summed E-state index contributed by atoms with van der Waals surface area (Å²) in [7, 11) is 0. The largest absolute Gasteiger partial charge is 0.456 e. The van der Waals surface area contributed by atoms with E-state index in [-0.39, 0.29) is 6.17 Å². The SMILES string of the molecule is c1ccc(C2=NC(c3ccc4ccc(-c5ccccc5)cc4c3)NC(c3cccc4oc5cc(-c6cccc7c6sc6ccccc67)ccc5c34)=N2)cc1. The van der Waals surface area contributed by atoms with E-state index in [0.29, 0.717) is 5.84 Å². The first-order valence-electron chi connectivity index (χ1n) is 18.2. The van der Waals surface area contributed by atoms with Crippen molar-refractivity contribution in [2.45, 2.75) is 6.17 Å². The third-order valence-corrected chi connectivity index (χ3v) is 11.7. The third-order valence-electron chi connectivity index (χ3n) is 10.5. The second kappa shape index (κ2) is 12.4. The first-order chi connectivity index (χ1) is 26.7. The van der Waals surface area contributed by atoms with E-state index < -0.39 is 0 Å². The summed E-state index contributed by atoms with van der Waals surface area (Å²) in [6.45, 7) is 0. The number of nitrogens with one attached hydrogen (secondary N) is 1. The van der Waals surface area contributed by atoms with Gasteiger partial charge in [-0.1, -0.05) is 140 Å². The van der Waals surface area contributed by atoms with Crippen molar-refractivity contribution in [3.8, 4) is 22.3 Å². The molecule has 0 saturated carbocycles. The van der Waals surface area contributed by atoms with Gasteiger partial charge in [0, 0.05) is 42.1 Å². The molecular formula is C49H31N3OS. The summed E-state index contributed by atoms with van der Waals surface area (Å²) in [5.41, 5.74) is 9.43. The molecule has 8 aromatic carbocycles.